The van der Waals surface area contributed by atoms with Crippen molar-refractivity contribution in [2.45, 2.75) is 0 Å². The first-order valence-electron chi connectivity index (χ1n) is 8.95. The molecule has 1 aliphatic rings. The van der Waals surface area contributed by atoms with Crippen molar-refractivity contribution in [1.82, 2.24) is 0 Å². The smallest absolute Gasteiger partial charge is 0.269 e. The standard InChI is InChI=1S/C22H13N3O6/c23-21(28)11-3-6-13-16(9-11)20(27)18-14(19(13)26)7-8-15(22(24)29)17(18)10-1-4-12(5-2-10)25(30)31/h1-9H,(H2,23,28)(H2,24,29). The monoisotopic (exact) mass is 415 g/mol. The largest absolute Gasteiger partial charge is 0.366 e. The van der Waals surface area contributed by atoms with Gasteiger partial charge in [-0.15, -0.1) is 0 Å². The average molecular weight is 415 g/mol. The van der Waals surface area contributed by atoms with E-state index in [0.717, 1.165) is 0 Å². The Balaban J connectivity index is 2.02. The summed E-state index contributed by atoms with van der Waals surface area (Å²) >= 11 is 0. The van der Waals surface area contributed by atoms with E-state index in [1.807, 2.05) is 0 Å². The molecule has 0 spiro atoms. The van der Waals surface area contributed by atoms with Crippen LogP contribution >= 0.6 is 0 Å². The fraction of sp³-hybridized carbons (Fsp3) is 0. The fourth-order valence-electron chi connectivity index (χ4n) is 3.65. The van der Waals surface area contributed by atoms with Crippen molar-refractivity contribution in [1.29, 1.82) is 0 Å². The van der Waals surface area contributed by atoms with Gasteiger partial charge in [0, 0.05) is 51.1 Å². The van der Waals surface area contributed by atoms with Crippen LogP contribution in [-0.2, 0) is 0 Å². The molecule has 1 aliphatic carbocycles. The van der Waals surface area contributed by atoms with Crippen LogP contribution in [0.5, 0.6) is 0 Å². The highest BCUT2D eigenvalue weighted by Crippen LogP contribution is 2.37. The van der Waals surface area contributed by atoms with Crippen LogP contribution in [0.15, 0.2) is 54.6 Å². The number of nitro groups is 1. The second kappa shape index (κ2) is 6.99. The first-order chi connectivity index (χ1) is 14.7. The van der Waals surface area contributed by atoms with Crippen molar-refractivity contribution in [3.63, 3.8) is 0 Å². The SMILES string of the molecule is NC(=O)c1ccc2c(c1)C(=O)c1c(ccc(C(N)=O)c1-c1ccc([N+](=O)[O-])cc1)C2=O. The molecule has 4 N–H and O–H groups in total. The molecule has 0 radical (unpaired) electrons. The molecule has 0 aliphatic heterocycles. The Morgan fingerprint density at radius 2 is 1.39 bits per heavy atom. The normalized spacial score (nSPS) is 12.1. The zero-order valence-corrected chi connectivity index (χ0v) is 15.7. The number of nitrogens with two attached hydrogens (primary N) is 2. The van der Waals surface area contributed by atoms with Gasteiger partial charge in [0.15, 0.2) is 11.6 Å². The second-order valence-electron chi connectivity index (χ2n) is 6.86. The van der Waals surface area contributed by atoms with Gasteiger partial charge in [0.2, 0.25) is 11.8 Å². The predicted molar refractivity (Wildman–Crippen MR) is 109 cm³/mol. The summed E-state index contributed by atoms with van der Waals surface area (Å²) in [5.41, 5.74) is 11.1. The number of primary amides is 2. The van der Waals surface area contributed by atoms with Crippen LogP contribution < -0.4 is 11.5 Å². The molecule has 0 saturated heterocycles. The minimum atomic E-state index is -0.840. The number of benzene rings is 3. The minimum Gasteiger partial charge on any atom is -0.366 e. The Morgan fingerprint density at radius 3 is 1.97 bits per heavy atom. The maximum Gasteiger partial charge on any atom is 0.269 e. The van der Waals surface area contributed by atoms with Gasteiger partial charge in [-0.1, -0.05) is 0 Å². The van der Waals surface area contributed by atoms with E-state index in [9.17, 15) is 29.3 Å². The summed E-state index contributed by atoms with van der Waals surface area (Å²) in [7, 11) is 0. The van der Waals surface area contributed by atoms with Gasteiger partial charge in [0.25, 0.3) is 5.69 Å². The Kier molecular flexibility index (Phi) is 4.43. The Bertz CT molecular complexity index is 1340. The van der Waals surface area contributed by atoms with Crippen LogP contribution in [0, 0.1) is 10.1 Å². The maximum atomic E-state index is 13.4. The zero-order valence-electron chi connectivity index (χ0n) is 15.7. The number of hydrogen-bond acceptors (Lipinski definition) is 6. The number of rotatable bonds is 4. The van der Waals surface area contributed by atoms with Crippen molar-refractivity contribution < 1.29 is 24.1 Å². The maximum absolute atomic E-state index is 13.4. The summed E-state index contributed by atoms with van der Waals surface area (Å²) in [5.74, 6) is -2.67. The number of ketones is 2. The van der Waals surface area contributed by atoms with Crippen LogP contribution in [-0.4, -0.2) is 28.3 Å². The molecule has 2 amide bonds. The van der Waals surface area contributed by atoms with Crippen molar-refractivity contribution >= 4 is 29.1 Å². The van der Waals surface area contributed by atoms with E-state index in [1.54, 1.807) is 0 Å². The highest BCUT2D eigenvalue weighted by molar-refractivity contribution is 6.31. The third-order valence-electron chi connectivity index (χ3n) is 5.10. The molecule has 152 valence electrons. The van der Waals surface area contributed by atoms with E-state index < -0.39 is 28.3 Å². The number of nitrogens with zero attached hydrogens (tertiary/aromatic N) is 1. The molecule has 9 nitrogen and oxygen atoms in total. The summed E-state index contributed by atoms with van der Waals surface area (Å²) in [6.07, 6.45) is 0. The number of hydrogen-bond donors (Lipinski definition) is 2. The van der Waals surface area contributed by atoms with Crippen LogP contribution in [0.2, 0.25) is 0 Å². The van der Waals surface area contributed by atoms with Crippen LogP contribution in [0.1, 0.15) is 52.6 Å². The molecule has 4 rings (SSSR count). The minimum absolute atomic E-state index is 0.0248. The van der Waals surface area contributed by atoms with Crippen molar-refractivity contribution in [2.24, 2.45) is 11.5 Å². The third-order valence-corrected chi connectivity index (χ3v) is 5.10. The molecule has 31 heavy (non-hydrogen) atoms. The summed E-state index contributed by atoms with van der Waals surface area (Å²) < 4.78 is 0. The molecule has 0 fully saturated rings. The van der Waals surface area contributed by atoms with Crippen LogP contribution in [0.3, 0.4) is 0 Å². The Hall–Kier alpha value is -4.66. The fourth-order valence-corrected chi connectivity index (χ4v) is 3.65. The van der Waals surface area contributed by atoms with Gasteiger partial charge >= 0.3 is 0 Å². The van der Waals surface area contributed by atoms with Gasteiger partial charge < -0.3 is 11.5 Å². The molecule has 0 bridgehead atoms. The van der Waals surface area contributed by atoms with E-state index in [0.29, 0.717) is 5.56 Å². The number of carbonyl (C=O) groups excluding carboxylic acids is 4. The zero-order chi connectivity index (χ0) is 22.4. The molecular weight excluding hydrogens is 402 g/mol. The number of amides is 2. The second-order valence-corrected chi connectivity index (χ2v) is 6.86. The van der Waals surface area contributed by atoms with Crippen molar-refractivity contribution in [2.75, 3.05) is 0 Å². The third kappa shape index (κ3) is 3.04. The summed E-state index contributed by atoms with van der Waals surface area (Å²) in [5, 5.41) is 11.0. The molecule has 3 aromatic rings. The van der Waals surface area contributed by atoms with E-state index in [1.165, 1.54) is 54.6 Å². The molecular formula is C22H13N3O6. The molecule has 9 heteroatoms. The van der Waals surface area contributed by atoms with Gasteiger partial charge in [-0.25, -0.2) is 0 Å². The lowest BCUT2D eigenvalue weighted by Gasteiger charge is -2.22. The Labute approximate surface area is 174 Å². The van der Waals surface area contributed by atoms with Gasteiger partial charge in [-0.05, 0) is 48.0 Å². The first-order valence-corrected chi connectivity index (χ1v) is 8.95. The number of carbonyl (C=O) groups is 4. The van der Waals surface area contributed by atoms with E-state index in [4.69, 9.17) is 11.5 Å². The number of fused-ring (bicyclic) bond motifs is 2. The lowest BCUT2D eigenvalue weighted by molar-refractivity contribution is -0.384. The molecule has 0 unspecified atom stereocenters. The van der Waals surface area contributed by atoms with Gasteiger partial charge in [-0.3, -0.25) is 29.3 Å². The van der Waals surface area contributed by atoms with Gasteiger partial charge in [0.05, 0.1) is 4.92 Å². The predicted octanol–water partition coefficient (Wildman–Crippen LogP) is 2.24. The van der Waals surface area contributed by atoms with Crippen molar-refractivity contribution in [3.05, 3.63) is 98.1 Å². The van der Waals surface area contributed by atoms with Gasteiger partial charge in [0.1, 0.15) is 0 Å². The number of non-ortho nitro benzene ring substituents is 1. The highest BCUT2D eigenvalue weighted by atomic mass is 16.6. The summed E-state index contributed by atoms with van der Waals surface area (Å²) in [6, 6.07) is 11.8. The lowest BCUT2D eigenvalue weighted by atomic mass is 9.78. The van der Waals surface area contributed by atoms with E-state index in [-0.39, 0.29) is 44.6 Å². The van der Waals surface area contributed by atoms with E-state index in [2.05, 4.69) is 0 Å². The molecule has 3 aromatic carbocycles. The summed E-state index contributed by atoms with van der Waals surface area (Å²) in [6.45, 7) is 0. The molecule has 0 heterocycles. The van der Waals surface area contributed by atoms with E-state index >= 15 is 0 Å². The molecule has 0 saturated carbocycles. The van der Waals surface area contributed by atoms with Crippen LogP contribution in [0.4, 0.5) is 5.69 Å². The highest BCUT2D eigenvalue weighted by Gasteiger charge is 2.34. The Morgan fingerprint density at radius 1 is 0.742 bits per heavy atom. The van der Waals surface area contributed by atoms with Crippen molar-refractivity contribution in [3.8, 4) is 11.1 Å². The average Bonchev–Trinajstić information content (AvgIpc) is 2.76. The topological polar surface area (TPSA) is 163 Å². The quantitative estimate of drug-likeness (QED) is 0.383. The molecule has 0 atom stereocenters. The van der Waals surface area contributed by atoms with Crippen LogP contribution in [0.25, 0.3) is 11.1 Å². The summed E-state index contributed by atoms with van der Waals surface area (Å²) in [4.78, 5) is 60.5. The van der Waals surface area contributed by atoms with Gasteiger partial charge in [-0.2, -0.15) is 0 Å². The first kappa shape index (κ1) is 19.6. The lowest BCUT2D eigenvalue weighted by Crippen LogP contribution is -2.25. The number of nitro benzene ring substituents is 1. The molecule has 0 aromatic heterocycles.